The summed E-state index contributed by atoms with van der Waals surface area (Å²) in [7, 11) is 0. The molecule has 170 valence electrons. The van der Waals surface area contributed by atoms with Gasteiger partial charge in [0, 0.05) is 55.5 Å². The topological polar surface area (TPSA) is 80.1 Å². The molecule has 1 unspecified atom stereocenters. The van der Waals surface area contributed by atoms with Gasteiger partial charge in [-0.1, -0.05) is 37.1 Å². The van der Waals surface area contributed by atoms with E-state index in [-0.39, 0.29) is 23.1 Å². The van der Waals surface area contributed by atoms with Crippen LogP contribution in [0.2, 0.25) is 5.02 Å². The fourth-order valence-electron chi connectivity index (χ4n) is 4.63. The zero-order valence-electron chi connectivity index (χ0n) is 19.1. The molecule has 8 heteroatoms. The maximum atomic E-state index is 12.9. The normalized spacial score (nSPS) is 18.9. The number of allylic oxidation sites excluding steroid dienone is 1. The molecular weight excluding hydrogens is 426 g/mol. The molecule has 1 N–H and O–H groups in total. The number of rotatable bonds is 6. The Hall–Kier alpha value is -2.67. The molecule has 0 fully saturated rings. The van der Waals surface area contributed by atoms with E-state index in [0.717, 1.165) is 35.4 Å². The van der Waals surface area contributed by atoms with Gasteiger partial charge >= 0.3 is 0 Å². The SMILES string of the molecule is CCN(CC1=CCC(C(=O)Nc2cc(-c3cnn4c3CC(C)(C)C4)c(Cl)cn2)C1)C(C)=O. The van der Waals surface area contributed by atoms with Crippen molar-refractivity contribution in [3.05, 3.63) is 40.8 Å². The van der Waals surface area contributed by atoms with Gasteiger partial charge in [0.15, 0.2) is 0 Å². The second-order valence-electron chi connectivity index (χ2n) is 9.57. The van der Waals surface area contributed by atoms with Crippen molar-refractivity contribution in [2.45, 2.75) is 53.5 Å². The summed E-state index contributed by atoms with van der Waals surface area (Å²) in [6, 6.07) is 1.83. The van der Waals surface area contributed by atoms with Gasteiger partial charge in [-0.15, -0.1) is 0 Å². The first-order valence-electron chi connectivity index (χ1n) is 11.1. The molecule has 3 heterocycles. The minimum atomic E-state index is -0.155. The number of aromatic nitrogens is 3. The lowest BCUT2D eigenvalue weighted by molar-refractivity contribution is -0.128. The number of anilines is 1. The van der Waals surface area contributed by atoms with Crippen molar-refractivity contribution in [3.8, 4) is 11.1 Å². The van der Waals surface area contributed by atoms with E-state index < -0.39 is 0 Å². The number of amides is 2. The van der Waals surface area contributed by atoms with Crippen LogP contribution in [-0.4, -0.2) is 44.6 Å². The first-order valence-corrected chi connectivity index (χ1v) is 11.5. The van der Waals surface area contributed by atoms with E-state index in [2.05, 4.69) is 35.3 Å². The molecule has 0 radical (unpaired) electrons. The molecule has 2 aromatic rings. The number of hydrogen-bond acceptors (Lipinski definition) is 4. The summed E-state index contributed by atoms with van der Waals surface area (Å²) in [6.07, 6.45) is 7.76. The van der Waals surface area contributed by atoms with Crippen LogP contribution >= 0.6 is 11.6 Å². The molecule has 32 heavy (non-hydrogen) atoms. The monoisotopic (exact) mass is 455 g/mol. The Kier molecular flexibility index (Phi) is 6.12. The fraction of sp³-hybridized carbons (Fsp3) is 0.500. The molecule has 1 aliphatic carbocycles. The van der Waals surface area contributed by atoms with Crippen molar-refractivity contribution in [2.75, 3.05) is 18.4 Å². The van der Waals surface area contributed by atoms with E-state index in [1.807, 2.05) is 23.9 Å². The summed E-state index contributed by atoms with van der Waals surface area (Å²) in [5.41, 5.74) is 4.28. The van der Waals surface area contributed by atoms with Crippen LogP contribution in [-0.2, 0) is 22.6 Å². The van der Waals surface area contributed by atoms with Gasteiger partial charge in [-0.2, -0.15) is 5.10 Å². The van der Waals surface area contributed by atoms with Gasteiger partial charge in [0.1, 0.15) is 5.82 Å². The van der Waals surface area contributed by atoms with Crippen LogP contribution in [0.25, 0.3) is 11.1 Å². The lowest BCUT2D eigenvalue weighted by Crippen LogP contribution is -2.30. The molecule has 2 aliphatic rings. The highest BCUT2D eigenvalue weighted by molar-refractivity contribution is 6.33. The Morgan fingerprint density at radius 2 is 2.09 bits per heavy atom. The largest absolute Gasteiger partial charge is 0.339 e. The average Bonchev–Trinajstić information content (AvgIpc) is 3.41. The molecule has 0 aromatic carbocycles. The lowest BCUT2D eigenvalue weighted by atomic mass is 9.89. The third-order valence-corrected chi connectivity index (χ3v) is 6.66. The van der Waals surface area contributed by atoms with Crippen LogP contribution in [0.1, 0.15) is 46.2 Å². The van der Waals surface area contributed by atoms with E-state index in [4.69, 9.17) is 11.6 Å². The zero-order valence-corrected chi connectivity index (χ0v) is 19.9. The molecule has 2 amide bonds. The highest BCUT2D eigenvalue weighted by Crippen LogP contribution is 2.39. The molecule has 4 rings (SSSR count). The smallest absolute Gasteiger partial charge is 0.229 e. The van der Waals surface area contributed by atoms with E-state index >= 15 is 0 Å². The molecule has 1 atom stereocenters. The van der Waals surface area contributed by atoms with Gasteiger partial charge in [-0.3, -0.25) is 14.3 Å². The molecule has 1 aliphatic heterocycles. The number of fused-ring (bicyclic) bond motifs is 1. The second kappa shape index (κ2) is 8.70. The summed E-state index contributed by atoms with van der Waals surface area (Å²) >= 11 is 6.48. The summed E-state index contributed by atoms with van der Waals surface area (Å²) in [4.78, 5) is 30.7. The van der Waals surface area contributed by atoms with E-state index in [1.165, 1.54) is 0 Å². The van der Waals surface area contributed by atoms with Crippen LogP contribution < -0.4 is 5.32 Å². The predicted octanol–water partition coefficient (Wildman–Crippen LogP) is 4.32. The van der Waals surface area contributed by atoms with E-state index in [1.54, 1.807) is 18.0 Å². The Bertz CT molecular complexity index is 1090. The van der Waals surface area contributed by atoms with Crippen molar-refractivity contribution in [1.82, 2.24) is 19.7 Å². The summed E-state index contributed by atoms with van der Waals surface area (Å²) in [5, 5.41) is 8.03. The third kappa shape index (κ3) is 4.58. The predicted molar refractivity (Wildman–Crippen MR) is 125 cm³/mol. The van der Waals surface area contributed by atoms with Crippen LogP contribution in [0.15, 0.2) is 30.1 Å². The minimum absolute atomic E-state index is 0.0502. The zero-order chi connectivity index (χ0) is 23.0. The fourth-order valence-corrected chi connectivity index (χ4v) is 4.83. The Labute approximate surface area is 193 Å². The van der Waals surface area contributed by atoms with Gasteiger partial charge in [-0.05, 0) is 37.7 Å². The molecule has 0 saturated carbocycles. The minimum Gasteiger partial charge on any atom is -0.339 e. The van der Waals surface area contributed by atoms with Crippen LogP contribution in [0.4, 0.5) is 5.82 Å². The number of carbonyl (C=O) groups excluding carboxylic acids is 2. The number of pyridine rings is 1. The Morgan fingerprint density at radius 3 is 2.81 bits per heavy atom. The number of nitrogens with zero attached hydrogens (tertiary/aromatic N) is 4. The van der Waals surface area contributed by atoms with E-state index in [9.17, 15) is 9.59 Å². The molecule has 0 saturated heterocycles. The van der Waals surface area contributed by atoms with Gasteiger partial charge in [0.25, 0.3) is 0 Å². The van der Waals surface area contributed by atoms with Crippen LogP contribution in [0.5, 0.6) is 0 Å². The highest BCUT2D eigenvalue weighted by atomic mass is 35.5. The van der Waals surface area contributed by atoms with Gasteiger partial charge in [0.05, 0.1) is 11.2 Å². The van der Waals surface area contributed by atoms with Crippen LogP contribution in [0, 0.1) is 11.3 Å². The van der Waals surface area contributed by atoms with Crippen molar-refractivity contribution in [2.24, 2.45) is 11.3 Å². The van der Waals surface area contributed by atoms with Crippen molar-refractivity contribution in [1.29, 1.82) is 0 Å². The van der Waals surface area contributed by atoms with Crippen molar-refractivity contribution >= 4 is 29.2 Å². The number of halogens is 1. The standard InChI is InChI=1S/C24H30ClN5O2/c1-5-29(15(2)31)13-16-6-7-17(8-16)23(32)28-22-9-18(20(25)12-26-22)19-11-27-30-14-24(3,4)10-21(19)30/h6,9,11-12,17H,5,7-8,10,13-14H2,1-4H3,(H,26,28,32). The van der Waals surface area contributed by atoms with Crippen molar-refractivity contribution in [3.63, 3.8) is 0 Å². The summed E-state index contributed by atoms with van der Waals surface area (Å²) in [6.45, 7) is 10.1. The Morgan fingerprint density at radius 1 is 1.31 bits per heavy atom. The van der Waals surface area contributed by atoms with Crippen LogP contribution in [0.3, 0.4) is 0 Å². The first-order chi connectivity index (χ1) is 15.2. The van der Waals surface area contributed by atoms with Crippen molar-refractivity contribution < 1.29 is 9.59 Å². The second-order valence-corrected chi connectivity index (χ2v) is 9.98. The van der Waals surface area contributed by atoms with E-state index in [0.29, 0.717) is 36.8 Å². The lowest BCUT2D eigenvalue weighted by Gasteiger charge is -2.20. The third-order valence-electron chi connectivity index (χ3n) is 6.36. The quantitative estimate of drug-likeness (QED) is 0.657. The summed E-state index contributed by atoms with van der Waals surface area (Å²) in [5.74, 6) is 0.315. The highest BCUT2D eigenvalue weighted by Gasteiger charge is 2.32. The van der Waals surface area contributed by atoms with Gasteiger partial charge in [0.2, 0.25) is 11.8 Å². The maximum Gasteiger partial charge on any atom is 0.229 e. The van der Waals surface area contributed by atoms with Gasteiger partial charge in [-0.25, -0.2) is 4.98 Å². The number of carbonyl (C=O) groups is 2. The number of hydrogen-bond donors (Lipinski definition) is 1. The number of likely N-dealkylation sites (N-methyl/N-ethyl adjacent to an activating group) is 1. The molecule has 0 spiro atoms. The molecule has 7 nitrogen and oxygen atoms in total. The Balaban J connectivity index is 1.45. The summed E-state index contributed by atoms with van der Waals surface area (Å²) < 4.78 is 2.04. The molecular formula is C24H30ClN5O2. The molecule has 0 bridgehead atoms. The van der Waals surface area contributed by atoms with Gasteiger partial charge < -0.3 is 10.2 Å². The molecule has 2 aromatic heterocycles. The maximum absolute atomic E-state index is 12.9. The number of nitrogens with one attached hydrogen (secondary N) is 1. The average molecular weight is 456 g/mol. The first kappa shape index (κ1) is 22.5.